The van der Waals surface area contributed by atoms with Gasteiger partial charge in [-0.15, -0.1) is 0 Å². The summed E-state index contributed by atoms with van der Waals surface area (Å²) in [6.45, 7) is 2.25. The predicted molar refractivity (Wildman–Crippen MR) is 45.3 cm³/mol. The first-order valence-electron chi connectivity index (χ1n) is 4.06. The van der Waals surface area contributed by atoms with Gasteiger partial charge in [0.1, 0.15) is 0 Å². The normalized spacial score (nSPS) is 10.0. The van der Waals surface area contributed by atoms with Crippen molar-refractivity contribution in [3.05, 3.63) is 17.5 Å². The third-order valence-electron chi connectivity index (χ3n) is 1.58. The van der Waals surface area contributed by atoms with Crippen molar-refractivity contribution >= 4 is 5.91 Å². The molecule has 0 fully saturated rings. The number of amides is 1. The molecule has 0 unspecified atom stereocenters. The van der Waals surface area contributed by atoms with Gasteiger partial charge in [-0.25, -0.2) is 0 Å². The quantitative estimate of drug-likeness (QED) is 0.650. The van der Waals surface area contributed by atoms with Crippen LogP contribution in [0.15, 0.2) is 10.7 Å². The minimum Gasteiger partial charge on any atom is -0.396 e. The van der Waals surface area contributed by atoms with Gasteiger partial charge >= 0.3 is 0 Å². The van der Waals surface area contributed by atoms with Gasteiger partial charge in [0.25, 0.3) is 5.91 Å². The van der Waals surface area contributed by atoms with Gasteiger partial charge in [0.05, 0.1) is 6.20 Å². The number of carbonyl (C=O) groups is 1. The summed E-state index contributed by atoms with van der Waals surface area (Å²) < 4.78 is 4.73. The van der Waals surface area contributed by atoms with Gasteiger partial charge in [0.2, 0.25) is 5.76 Å². The molecule has 5 heteroatoms. The second-order valence-corrected chi connectivity index (χ2v) is 2.67. The molecule has 0 aliphatic rings. The van der Waals surface area contributed by atoms with Crippen LogP contribution >= 0.6 is 0 Å². The molecular weight excluding hydrogens is 172 g/mol. The summed E-state index contributed by atoms with van der Waals surface area (Å²) in [5, 5.41) is 14.6. The van der Waals surface area contributed by atoms with Gasteiger partial charge in [-0.05, 0) is 13.3 Å². The van der Waals surface area contributed by atoms with Crippen molar-refractivity contribution in [1.82, 2.24) is 10.5 Å². The van der Waals surface area contributed by atoms with Crippen LogP contribution in [-0.2, 0) is 0 Å². The fraction of sp³-hybridized carbons (Fsp3) is 0.500. The third kappa shape index (κ3) is 2.55. The molecule has 2 N–H and O–H groups in total. The zero-order chi connectivity index (χ0) is 9.68. The molecule has 1 rings (SSSR count). The molecule has 5 nitrogen and oxygen atoms in total. The molecule has 0 radical (unpaired) electrons. The van der Waals surface area contributed by atoms with Crippen LogP contribution in [0.1, 0.15) is 22.5 Å². The topological polar surface area (TPSA) is 75.4 Å². The minimum absolute atomic E-state index is 0.0651. The Balaban J connectivity index is 2.45. The van der Waals surface area contributed by atoms with E-state index in [1.54, 1.807) is 6.92 Å². The molecule has 1 aromatic rings. The SMILES string of the molecule is Cc1cnoc1C(=O)NCCCO. The Kier molecular flexibility index (Phi) is 3.45. The van der Waals surface area contributed by atoms with Crippen molar-refractivity contribution in [1.29, 1.82) is 0 Å². The van der Waals surface area contributed by atoms with Crippen molar-refractivity contribution in [2.75, 3.05) is 13.2 Å². The number of hydrogen-bond donors (Lipinski definition) is 2. The van der Waals surface area contributed by atoms with E-state index in [2.05, 4.69) is 10.5 Å². The van der Waals surface area contributed by atoms with Gasteiger partial charge in [0, 0.05) is 18.7 Å². The molecule has 0 saturated heterocycles. The molecule has 0 aromatic carbocycles. The molecule has 0 aliphatic carbocycles. The highest BCUT2D eigenvalue weighted by Gasteiger charge is 2.12. The highest BCUT2D eigenvalue weighted by Crippen LogP contribution is 2.04. The Morgan fingerprint density at radius 1 is 1.77 bits per heavy atom. The van der Waals surface area contributed by atoms with E-state index >= 15 is 0 Å². The monoisotopic (exact) mass is 184 g/mol. The number of aliphatic hydroxyl groups is 1. The lowest BCUT2D eigenvalue weighted by molar-refractivity contribution is 0.0913. The van der Waals surface area contributed by atoms with Gasteiger partial charge in [-0.3, -0.25) is 4.79 Å². The first kappa shape index (κ1) is 9.73. The van der Waals surface area contributed by atoms with Crippen molar-refractivity contribution in [2.45, 2.75) is 13.3 Å². The summed E-state index contributed by atoms with van der Waals surface area (Å²) in [5.74, 6) is -0.0543. The Labute approximate surface area is 75.7 Å². The summed E-state index contributed by atoms with van der Waals surface area (Å²) in [7, 11) is 0. The van der Waals surface area contributed by atoms with Gasteiger partial charge < -0.3 is 14.9 Å². The van der Waals surface area contributed by atoms with E-state index in [0.717, 1.165) is 0 Å². The maximum atomic E-state index is 11.3. The summed E-state index contributed by atoms with van der Waals surface area (Å²) in [6, 6.07) is 0. The fourth-order valence-corrected chi connectivity index (χ4v) is 0.871. The smallest absolute Gasteiger partial charge is 0.290 e. The number of hydrogen-bond acceptors (Lipinski definition) is 4. The van der Waals surface area contributed by atoms with Crippen LogP contribution in [-0.4, -0.2) is 29.3 Å². The number of nitrogens with zero attached hydrogens (tertiary/aromatic N) is 1. The minimum atomic E-state index is -0.288. The van der Waals surface area contributed by atoms with Gasteiger partial charge in [-0.2, -0.15) is 0 Å². The summed E-state index contributed by atoms with van der Waals surface area (Å²) in [4.78, 5) is 11.3. The van der Waals surface area contributed by atoms with Crippen molar-refractivity contribution in [2.24, 2.45) is 0 Å². The highest BCUT2D eigenvalue weighted by atomic mass is 16.5. The van der Waals surface area contributed by atoms with Crippen LogP contribution < -0.4 is 5.32 Å². The second kappa shape index (κ2) is 4.61. The van der Waals surface area contributed by atoms with Crippen molar-refractivity contribution in [3.63, 3.8) is 0 Å². The molecule has 1 heterocycles. The molecule has 0 aliphatic heterocycles. The van der Waals surface area contributed by atoms with E-state index in [4.69, 9.17) is 9.63 Å². The molecular formula is C8H12N2O3. The number of rotatable bonds is 4. The number of aromatic nitrogens is 1. The van der Waals surface area contributed by atoms with Gasteiger partial charge in [0.15, 0.2) is 0 Å². The lowest BCUT2D eigenvalue weighted by Gasteiger charge is -2.00. The predicted octanol–water partition coefficient (Wildman–Crippen LogP) is 0.0952. The second-order valence-electron chi connectivity index (χ2n) is 2.67. The van der Waals surface area contributed by atoms with E-state index < -0.39 is 0 Å². The molecule has 0 atom stereocenters. The third-order valence-corrected chi connectivity index (χ3v) is 1.58. The lowest BCUT2D eigenvalue weighted by atomic mass is 10.3. The van der Waals surface area contributed by atoms with E-state index in [-0.39, 0.29) is 18.3 Å². The maximum Gasteiger partial charge on any atom is 0.290 e. The molecule has 1 aromatic heterocycles. The van der Waals surface area contributed by atoms with Crippen molar-refractivity contribution in [3.8, 4) is 0 Å². The van der Waals surface area contributed by atoms with Crippen LogP contribution in [0.25, 0.3) is 0 Å². The Bertz CT molecular complexity index is 283. The van der Waals surface area contributed by atoms with Crippen LogP contribution in [0.5, 0.6) is 0 Å². The Hall–Kier alpha value is -1.36. The summed E-state index contributed by atoms with van der Waals surface area (Å²) in [5.41, 5.74) is 0.710. The standard InChI is InChI=1S/C8H12N2O3/c1-6-5-10-13-7(6)8(12)9-3-2-4-11/h5,11H,2-4H2,1H3,(H,9,12). The summed E-state index contributed by atoms with van der Waals surface area (Å²) >= 11 is 0. The van der Waals surface area contributed by atoms with Gasteiger partial charge in [-0.1, -0.05) is 5.16 Å². The fourth-order valence-electron chi connectivity index (χ4n) is 0.871. The number of aryl methyl sites for hydroxylation is 1. The zero-order valence-corrected chi connectivity index (χ0v) is 7.41. The number of carbonyl (C=O) groups excluding carboxylic acids is 1. The van der Waals surface area contributed by atoms with Crippen LogP contribution in [0.3, 0.4) is 0 Å². The average molecular weight is 184 g/mol. The highest BCUT2D eigenvalue weighted by molar-refractivity contribution is 5.92. The Morgan fingerprint density at radius 2 is 2.54 bits per heavy atom. The van der Waals surface area contributed by atoms with E-state index in [9.17, 15) is 4.79 Å². The Morgan fingerprint density at radius 3 is 3.08 bits per heavy atom. The lowest BCUT2D eigenvalue weighted by Crippen LogP contribution is -2.25. The van der Waals surface area contributed by atoms with Crippen LogP contribution in [0.2, 0.25) is 0 Å². The van der Waals surface area contributed by atoms with E-state index in [0.29, 0.717) is 18.5 Å². The average Bonchev–Trinajstić information content (AvgIpc) is 2.52. The largest absolute Gasteiger partial charge is 0.396 e. The molecule has 1 amide bonds. The molecule has 0 saturated carbocycles. The number of nitrogens with one attached hydrogen (secondary N) is 1. The summed E-state index contributed by atoms with van der Waals surface area (Å²) in [6.07, 6.45) is 2.03. The number of aliphatic hydroxyl groups excluding tert-OH is 1. The first-order chi connectivity index (χ1) is 6.25. The van der Waals surface area contributed by atoms with Crippen LogP contribution in [0, 0.1) is 6.92 Å². The first-order valence-corrected chi connectivity index (χ1v) is 4.06. The molecule has 0 bridgehead atoms. The van der Waals surface area contributed by atoms with Crippen molar-refractivity contribution < 1.29 is 14.4 Å². The van der Waals surface area contributed by atoms with E-state index in [1.165, 1.54) is 6.20 Å². The molecule has 72 valence electrons. The zero-order valence-electron chi connectivity index (χ0n) is 7.41. The molecule has 0 spiro atoms. The van der Waals surface area contributed by atoms with Crippen LogP contribution in [0.4, 0.5) is 0 Å². The van der Waals surface area contributed by atoms with E-state index in [1.807, 2.05) is 0 Å². The molecule has 13 heavy (non-hydrogen) atoms. The maximum absolute atomic E-state index is 11.3.